The summed E-state index contributed by atoms with van der Waals surface area (Å²) in [6.07, 6.45) is 0.426. The molecule has 7 nitrogen and oxygen atoms in total. The molecule has 106 valence electrons. The van der Waals surface area contributed by atoms with E-state index in [1.54, 1.807) is 0 Å². The molecule has 1 heterocycles. The van der Waals surface area contributed by atoms with Gasteiger partial charge in [0.2, 0.25) is 5.91 Å². The lowest BCUT2D eigenvalue weighted by atomic mass is 10.1. The number of hydrogen-bond acceptors (Lipinski definition) is 5. The Bertz CT molecular complexity index is 442. The molecule has 0 saturated heterocycles. The molecule has 0 fully saturated rings. The van der Waals surface area contributed by atoms with Crippen LogP contribution in [0.3, 0.4) is 0 Å². The number of carbonyl (C=O) groups excluding carboxylic acids is 1. The molecule has 0 bridgehead atoms. The molecule has 0 radical (unpaired) electrons. The van der Waals surface area contributed by atoms with Crippen molar-refractivity contribution in [3.8, 4) is 0 Å². The monoisotopic (exact) mass is 284 g/mol. The Balaban J connectivity index is 2.44. The molecular weight excluding hydrogens is 264 g/mol. The van der Waals surface area contributed by atoms with E-state index in [1.807, 2.05) is 13.8 Å². The molecule has 0 aliphatic rings. The Morgan fingerprint density at radius 3 is 2.58 bits per heavy atom. The van der Waals surface area contributed by atoms with Crippen molar-refractivity contribution in [1.82, 2.24) is 25.5 Å². The van der Waals surface area contributed by atoms with Crippen molar-refractivity contribution in [2.24, 2.45) is 11.8 Å². The molecule has 0 unspecified atom stereocenters. The second-order valence-electron chi connectivity index (χ2n) is 5.16. The Hall–Kier alpha value is -1.57. The molecule has 1 aromatic rings. The lowest BCUT2D eigenvalue weighted by Crippen LogP contribution is -2.35. The topological polar surface area (TPSA) is 84.7 Å². The molecule has 2 N–H and O–H groups in total. The van der Waals surface area contributed by atoms with Crippen molar-refractivity contribution in [3.63, 3.8) is 0 Å². The molecule has 0 aromatic carbocycles. The summed E-state index contributed by atoms with van der Waals surface area (Å²) in [6.45, 7) is 8.74. The fourth-order valence-corrected chi connectivity index (χ4v) is 1.58. The SMILES string of the molecule is CC(C)CC(=O)NC(=S)Nc1nnn(CC(C)C)n1. The van der Waals surface area contributed by atoms with Gasteiger partial charge >= 0.3 is 0 Å². The minimum Gasteiger partial charge on any atom is -0.303 e. The van der Waals surface area contributed by atoms with Gasteiger partial charge < -0.3 is 5.32 Å². The Morgan fingerprint density at radius 1 is 1.32 bits per heavy atom. The predicted molar refractivity (Wildman–Crippen MR) is 76.5 cm³/mol. The van der Waals surface area contributed by atoms with Crippen molar-refractivity contribution in [2.75, 3.05) is 5.32 Å². The average Bonchev–Trinajstić information content (AvgIpc) is 2.62. The average molecular weight is 284 g/mol. The normalized spacial score (nSPS) is 10.8. The molecule has 0 atom stereocenters. The van der Waals surface area contributed by atoms with Gasteiger partial charge in [0.05, 0.1) is 6.54 Å². The first kappa shape index (κ1) is 15.5. The lowest BCUT2D eigenvalue weighted by molar-refractivity contribution is -0.120. The lowest BCUT2D eigenvalue weighted by Gasteiger charge is -2.07. The summed E-state index contributed by atoms with van der Waals surface area (Å²) in [7, 11) is 0. The van der Waals surface area contributed by atoms with E-state index in [9.17, 15) is 4.79 Å². The number of nitrogens with one attached hydrogen (secondary N) is 2. The highest BCUT2D eigenvalue weighted by atomic mass is 32.1. The zero-order valence-electron chi connectivity index (χ0n) is 11.7. The van der Waals surface area contributed by atoms with E-state index in [1.165, 1.54) is 4.80 Å². The van der Waals surface area contributed by atoms with Gasteiger partial charge in [-0.25, -0.2) is 0 Å². The summed E-state index contributed by atoms with van der Waals surface area (Å²) in [5.74, 6) is 0.880. The van der Waals surface area contributed by atoms with Crippen molar-refractivity contribution < 1.29 is 4.79 Å². The molecule has 1 aromatic heterocycles. The van der Waals surface area contributed by atoms with Crippen LogP contribution in [0.4, 0.5) is 5.95 Å². The molecular formula is C11H20N6OS. The standard InChI is InChI=1S/C11H20N6OS/c1-7(2)5-9(18)12-11(19)13-10-14-16-17(15-10)6-8(3)4/h7-8H,5-6H2,1-4H3,(H2,12,13,15,18,19). The summed E-state index contributed by atoms with van der Waals surface area (Å²) in [5, 5.41) is 17.3. The van der Waals surface area contributed by atoms with Gasteiger partial charge in [-0.1, -0.05) is 32.8 Å². The smallest absolute Gasteiger partial charge is 0.269 e. The number of tetrazole rings is 1. The fraction of sp³-hybridized carbons (Fsp3) is 0.727. The van der Waals surface area contributed by atoms with Crippen LogP contribution in [0.5, 0.6) is 0 Å². The van der Waals surface area contributed by atoms with Crippen LogP contribution in [0.25, 0.3) is 0 Å². The van der Waals surface area contributed by atoms with E-state index in [0.717, 1.165) is 0 Å². The number of anilines is 1. The van der Waals surface area contributed by atoms with Gasteiger partial charge in [0.25, 0.3) is 5.95 Å². The van der Waals surface area contributed by atoms with Crippen LogP contribution in [-0.4, -0.2) is 31.2 Å². The maximum Gasteiger partial charge on any atom is 0.269 e. The second-order valence-corrected chi connectivity index (χ2v) is 5.57. The van der Waals surface area contributed by atoms with Gasteiger partial charge in [-0.3, -0.25) is 10.1 Å². The van der Waals surface area contributed by atoms with Crippen LogP contribution in [0, 0.1) is 11.8 Å². The number of hydrogen-bond donors (Lipinski definition) is 2. The summed E-state index contributed by atoms with van der Waals surface area (Å²) in [6, 6.07) is 0. The highest BCUT2D eigenvalue weighted by molar-refractivity contribution is 7.80. The number of rotatable bonds is 5. The van der Waals surface area contributed by atoms with Crippen LogP contribution >= 0.6 is 12.2 Å². The van der Waals surface area contributed by atoms with Crippen molar-refractivity contribution >= 4 is 29.2 Å². The van der Waals surface area contributed by atoms with E-state index < -0.39 is 0 Å². The second kappa shape index (κ2) is 7.13. The van der Waals surface area contributed by atoms with E-state index in [-0.39, 0.29) is 22.9 Å². The quantitative estimate of drug-likeness (QED) is 0.790. The van der Waals surface area contributed by atoms with Gasteiger partial charge in [-0.15, -0.1) is 5.10 Å². The highest BCUT2D eigenvalue weighted by Crippen LogP contribution is 2.00. The van der Waals surface area contributed by atoms with Crippen LogP contribution in [-0.2, 0) is 11.3 Å². The zero-order chi connectivity index (χ0) is 14.4. The van der Waals surface area contributed by atoms with Crippen molar-refractivity contribution in [3.05, 3.63) is 0 Å². The van der Waals surface area contributed by atoms with Gasteiger partial charge in [0, 0.05) is 6.42 Å². The fourth-order valence-electron chi connectivity index (χ4n) is 1.38. The summed E-state index contributed by atoms with van der Waals surface area (Å²) < 4.78 is 0. The van der Waals surface area contributed by atoms with E-state index in [4.69, 9.17) is 12.2 Å². The van der Waals surface area contributed by atoms with Crippen LogP contribution in [0.1, 0.15) is 34.1 Å². The molecule has 1 rings (SSSR count). The molecule has 0 spiro atoms. The molecule has 0 aliphatic heterocycles. The first-order valence-electron chi connectivity index (χ1n) is 6.25. The summed E-state index contributed by atoms with van der Waals surface area (Å²) >= 11 is 5.00. The maximum atomic E-state index is 11.5. The van der Waals surface area contributed by atoms with E-state index in [0.29, 0.717) is 18.9 Å². The predicted octanol–water partition coefficient (Wildman–Crippen LogP) is 1.19. The van der Waals surface area contributed by atoms with Gasteiger partial charge in [0.15, 0.2) is 5.11 Å². The minimum absolute atomic E-state index is 0.123. The first-order chi connectivity index (χ1) is 8.86. The first-order valence-corrected chi connectivity index (χ1v) is 6.66. The van der Waals surface area contributed by atoms with Crippen molar-refractivity contribution in [1.29, 1.82) is 0 Å². The Morgan fingerprint density at radius 2 is 2.00 bits per heavy atom. The Kier molecular flexibility index (Phi) is 5.81. The highest BCUT2D eigenvalue weighted by Gasteiger charge is 2.09. The van der Waals surface area contributed by atoms with E-state index in [2.05, 4.69) is 39.9 Å². The Labute approximate surface area is 118 Å². The minimum atomic E-state index is -0.123. The third-order valence-corrected chi connectivity index (χ3v) is 2.26. The number of aromatic nitrogens is 4. The van der Waals surface area contributed by atoms with Crippen molar-refractivity contribution in [2.45, 2.75) is 40.7 Å². The number of amides is 1. The van der Waals surface area contributed by atoms with Crippen LogP contribution in [0.2, 0.25) is 0 Å². The maximum absolute atomic E-state index is 11.5. The molecule has 0 aliphatic carbocycles. The molecule has 19 heavy (non-hydrogen) atoms. The molecule has 0 saturated carbocycles. The van der Waals surface area contributed by atoms with Crippen LogP contribution in [0.15, 0.2) is 0 Å². The molecule has 8 heteroatoms. The summed E-state index contributed by atoms with van der Waals surface area (Å²) in [4.78, 5) is 13.0. The van der Waals surface area contributed by atoms with Gasteiger partial charge in [0.1, 0.15) is 0 Å². The molecule has 1 amide bonds. The third-order valence-electron chi connectivity index (χ3n) is 2.05. The zero-order valence-corrected chi connectivity index (χ0v) is 12.5. The number of nitrogens with zero attached hydrogens (tertiary/aromatic N) is 4. The van der Waals surface area contributed by atoms with Gasteiger partial charge in [-0.2, -0.15) is 4.80 Å². The summed E-state index contributed by atoms with van der Waals surface area (Å²) in [5.41, 5.74) is 0. The third kappa shape index (κ3) is 6.23. The largest absolute Gasteiger partial charge is 0.303 e. The van der Waals surface area contributed by atoms with Gasteiger partial charge in [-0.05, 0) is 29.3 Å². The van der Waals surface area contributed by atoms with Crippen LogP contribution < -0.4 is 10.6 Å². The number of carbonyl (C=O) groups is 1. The van der Waals surface area contributed by atoms with E-state index >= 15 is 0 Å². The number of thiocarbonyl (C=S) groups is 1.